The number of carbonyl (C=O) groups excluding carboxylic acids is 2. The Hall–Kier alpha value is -4.50. The molecule has 180 valence electrons. The lowest BCUT2D eigenvalue weighted by atomic mass is 10.2. The quantitative estimate of drug-likeness (QED) is 0.267. The van der Waals surface area contributed by atoms with E-state index in [4.69, 9.17) is 20.8 Å². The van der Waals surface area contributed by atoms with Crippen LogP contribution in [0.5, 0.6) is 0 Å². The molecule has 1 aromatic carbocycles. The van der Waals surface area contributed by atoms with E-state index in [1.54, 1.807) is 61.7 Å². The maximum Gasteiger partial charge on any atom is 0.341 e. The van der Waals surface area contributed by atoms with Crippen LogP contribution in [0.15, 0.2) is 87.3 Å². The Bertz CT molecular complexity index is 1750. The fourth-order valence-corrected chi connectivity index (χ4v) is 4.04. The van der Waals surface area contributed by atoms with E-state index in [0.717, 1.165) is 0 Å². The summed E-state index contributed by atoms with van der Waals surface area (Å²) >= 11 is 6.06. The number of benzene rings is 1. The van der Waals surface area contributed by atoms with Crippen molar-refractivity contribution in [2.45, 2.75) is 13.5 Å². The summed E-state index contributed by atoms with van der Waals surface area (Å²) in [4.78, 5) is 48.5. The molecule has 0 saturated carbocycles. The van der Waals surface area contributed by atoms with Crippen LogP contribution in [-0.2, 0) is 11.3 Å². The van der Waals surface area contributed by atoms with Gasteiger partial charge in [-0.25, -0.2) is 9.78 Å². The number of pyridine rings is 2. The molecule has 0 fully saturated rings. The van der Waals surface area contributed by atoms with Gasteiger partial charge in [-0.2, -0.15) is 4.99 Å². The van der Waals surface area contributed by atoms with Crippen LogP contribution in [0.25, 0.3) is 16.7 Å². The smallest absolute Gasteiger partial charge is 0.341 e. The molecule has 0 aliphatic heterocycles. The Kier molecular flexibility index (Phi) is 6.22. The number of ether oxygens (including phenoxy) is 1. The van der Waals surface area contributed by atoms with Crippen LogP contribution < -0.4 is 11.0 Å². The number of esters is 1. The number of halogens is 1. The number of rotatable bonds is 5. The highest BCUT2D eigenvalue weighted by Gasteiger charge is 2.21. The first kappa shape index (κ1) is 23.3. The van der Waals surface area contributed by atoms with Gasteiger partial charge in [-0.15, -0.1) is 0 Å². The van der Waals surface area contributed by atoms with Crippen LogP contribution in [0.4, 0.5) is 0 Å². The molecule has 0 saturated heterocycles. The third kappa shape index (κ3) is 4.32. The summed E-state index contributed by atoms with van der Waals surface area (Å²) in [6.45, 7) is 1.80. The predicted octanol–water partition coefficient (Wildman–Crippen LogP) is 3.86. The summed E-state index contributed by atoms with van der Waals surface area (Å²) in [7, 11) is 0. The molecule has 1 amide bonds. The molecule has 4 aromatic heterocycles. The van der Waals surface area contributed by atoms with Crippen molar-refractivity contribution in [3.8, 4) is 0 Å². The van der Waals surface area contributed by atoms with Crippen molar-refractivity contribution < 1.29 is 18.7 Å². The number of hydrogen-bond donors (Lipinski definition) is 0. The van der Waals surface area contributed by atoms with Gasteiger partial charge in [-0.05, 0) is 55.5 Å². The molecule has 0 unspecified atom stereocenters. The van der Waals surface area contributed by atoms with E-state index in [1.807, 2.05) is 0 Å². The van der Waals surface area contributed by atoms with Gasteiger partial charge >= 0.3 is 5.97 Å². The molecule has 4 heterocycles. The highest BCUT2D eigenvalue weighted by molar-refractivity contribution is 6.31. The van der Waals surface area contributed by atoms with Gasteiger partial charge in [0.25, 0.3) is 11.5 Å². The lowest BCUT2D eigenvalue weighted by Crippen LogP contribution is -2.33. The van der Waals surface area contributed by atoms with Gasteiger partial charge in [0, 0.05) is 16.8 Å². The Labute approximate surface area is 208 Å². The Morgan fingerprint density at radius 3 is 2.72 bits per heavy atom. The van der Waals surface area contributed by atoms with Gasteiger partial charge in [-0.1, -0.05) is 23.7 Å². The normalized spacial score (nSPS) is 11.8. The van der Waals surface area contributed by atoms with E-state index in [0.29, 0.717) is 16.4 Å². The van der Waals surface area contributed by atoms with E-state index in [-0.39, 0.29) is 46.4 Å². The zero-order valence-corrected chi connectivity index (χ0v) is 19.8. The lowest BCUT2D eigenvalue weighted by Gasteiger charge is -2.14. The number of furan rings is 1. The first-order valence-electron chi connectivity index (χ1n) is 11.1. The van der Waals surface area contributed by atoms with Crippen LogP contribution >= 0.6 is 11.6 Å². The number of nitrogens with zero attached hydrogens (tertiary/aromatic N) is 4. The van der Waals surface area contributed by atoms with E-state index >= 15 is 0 Å². The first-order valence-corrected chi connectivity index (χ1v) is 11.4. The zero-order chi connectivity index (χ0) is 25.2. The van der Waals surface area contributed by atoms with Gasteiger partial charge in [-0.3, -0.25) is 14.0 Å². The predicted molar refractivity (Wildman–Crippen MR) is 132 cm³/mol. The van der Waals surface area contributed by atoms with Gasteiger partial charge in [0.15, 0.2) is 5.49 Å². The van der Waals surface area contributed by atoms with Gasteiger partial charge in [0.05, 0.1) is 24.8 Å². The minimum absolute atomic E-state index is 0.0190. The van der Waals surface area contributed by atoms with Gasteiger partial charge < -0.3 is 13.7 Å². The molecule has 0 aliphatic carbocycles. The maximum atomic E-state index is 13.4. The molecular formula is C26H19ClN4O5. The summed E-state index contributed by atoms with van der Waals surface area (Å²) in [6.07, 6.45) is 3.09. The monoisotopic (exact) mass is 502 g/mol. The van der Waals surface area contributed by atoms with Crippen molar-refractivity contribution >= 4 is 40.2 Å². The van der Waals surface area contributed by atoms with Crippen molar-refractivity contribution in [1.82, 2.24) is 14.0 Å². The third-order valence-electron chi connectivity index (χ3n) is 5.46. The average molecular weight is 503 g/mol. The molecule has 0 atom stereocenters. The lowest BCUT2D eigenvalue weighted by molar-refractivity contribution is 0.0523. The number of amides is 1. The highest BCUT2D eigenvalue weighted by atomic mass is 35.5. The van der Waals surface area contributed by atoms with Crippen molar-refractivity contribution in [3.05, 3.63) is 111 Å². The van der Waals surface area contributed by atoms with Crippen molar-refractivity contribution in [2.24, 2.45) is 4.99 Å². The number of fused-ring (bicyclic) bond motifs is 2. The Balaban J connectivity index is 1.90. The van der Waals surface area contributed by atoms with E-state index in [9.17, 15) is 14.4 Å². The molecule has 9 nitrogen and oxygen atoms in total. The standard InChI is InChI=1S/C26H19ClN4O5/c1-2-35-26(34)20-14-19-22(28-21-10-3-4-11-30(21)25(19)33)31(15-18-9-6-12-36-18)23(20)29-24(32)16-7-5-8-17(27)13-16/h3-14H,2,15H2,1H3. The highest BCUT2D eigenvalue weighted by Crippen LogP contribution is 2.15. The first-order chi connectivity index (χ1) is 17.5. The second kappa shape index (κ2) is 9.63. The molecule has 0 radical (unpaired) electrons. The summed E-state index contributed by atoms with van der Waals surface area (Å²) in [5.74, 6) is -0.861. The topological polar surface area (TPSA) is 108 Å². The summed E-state index contributed by atoms with van der Waals surface area (Å²) in [5.41, 5.74) is 0.388. The summed E-state index contributed by atoms with van der Waals surface area (Å²) < 4.78 is 13.7. The summed E-state index contributed by atoms with van der Waals surface area (Å²) in [5, 5.41) is 0.521. The summed E-state index contributed by atoms with van der Waals surface area (Å²) in [6, 6.07) is 16.3. The molecule has 0 N–H and O–H groups in total. The second-order valence-corrected chi connectivity index (χ2v) is 8.21. The molecule has 10 heteroatoms. The van der Waals surface area contributed by atoms with Crippen molar-refractivity contribution in [3.63, 3.8) is 0 Å². The zero-order valence-electron chi connectivity index (χ0n) is 19.1. The van der Waals surface area contributed by atoms with Crippen molar-refractivity contribution in [2.75, 3.05) is 6.61 Å². The number of carbonyl (C=O) groups is 2. The SMILES string of the molecule is CCOC(=O)c1cc2c(=O)n3ccccc3nc2n(Cc2ccco2)c1=NC(=O)c1cccc(Cl)c1. The largest absolute Gasteiger partial charge is 0.467 e. The molecule has 0 spiro atoms. The molecule has 0 aliphatic rings. The van der Waals surface area contributed by atoms with Crippen LogP contribution in [0.2, 0.25) is 5.02 Å². The van der Waals surface area contributed by atoms with Crippen LogP contribution in [0.1, 0.15) is 33.4 Å². The Morgan fingerprint density at radius 2 is 1.97 bits per heavy atom. The van der Waals surface area contributed by atoms with Crippen molar-refractivity contribution in [1.29, 1.82) is 0 Å². The molecule has 36 heavy (non-hydrogen) atoms. The third-order valence-corrected chi connectivity index (χ3v) is 5.69. The average Bonchev–Trinajstić information content (AvgIpc) is 3.39. The fourth-order valence-electron chi connectivity index (χ4n) is 3.85. The minimum atomic E-state index is -0.734. The number of aromatic nitrogens is 3. The van der Waals surface area contributed by atoms with E-state index < -0.39 is 11.9 Å². The van der Waals surface area contributed by atoms with Gasteiger partial charge in [0.2, 0.25) is 0 Å². The second-order valence-electron chi connectivity index (χ2n) is 7.78. The van der Waals surface area contributed by atoms with Crippen LogP contribution in [0, 0.1) is 0 Å². The van der Waals surface area contributed by atoms with E-state index in [2.05, 4.69) is 9.98 Å². The fraction of sp³-hybridized carbons (Fsp3) is 0.115. The Morgan fingerprint density at radius 1 is 1.11 bits per heavy atom. The van der Waals surface area contributed by atoms with Gasteiger partial charge in [0.1, 0.15) is 22.6 Å². The van der Waals surface area contributed by atoms with E-state index in [1.165, 1.54) is 27.4 Å². The minimum Gasteiger partial charge on any atom is -0.467 e. The van der Waals surface area contributed by atoms with Crippen LogP contribution in [-0.4, -0.2) is 32.4 Å². The molecule has 5 aromatic rings. The molecular weight excluding hydrogens is 484 g/mol. The maximum absolute atomic E-state index is 13.4. The number of hydrogen-bond acceptors (Lipinski definition) is 6. The van der Waals surface area contributed by atoms with Crippen LogP contribution in [0.3, 0.4) is 0 Å². The molecule has 5 rings (SSSR count). The molecule has 0 bridgehead atoms.